The van der Waals surface area contributed by atoms with E-state index in [1.165, 1.54) is 0 Å². The van der Waals surface area contributed by atoms with Gasteiger partial charge < -0.3 is 20.1 Å². The number of para-hydroxylation sites is 2. The van der Waals surface area contributed by atoms with Crippen LogP contribution in [0.4, 0.5) is 5.69 Å². The summed E-state index contributed by atoms with van der Waals surface area (Å²) in [6.07, 6.45) is 0.862. The first-order valence-electron chi connectivity index (χ1n) is 8.74. The van der Waals surface area contributed by atoms with Crippen LogP contribution >= 0.6 is 0 Å². The van der Waals surface area contributed by atoms with E-state index in [2.05, 4.69) is 10.6 Å². The van der Waals surface area contributed by atoms with E-state index < -0.39 is 12.2 Å². The lowest BCUT2D eigenvalue weighted by atomic mass is 10.1. The lowest BCUT2D eigenvalue weighted by Gasteiger charge is -2.31. The molecule has 2 N–H and O–H groups in total. The van der Waals surface area contributed by atoms with Gasteiger partial charge in [0.2, 0.25) is 6.10 Å². The second kappa shape index (κ2) is 6.71. The van der Waals surface area contributed by atoms with Gasteiger partial charge in [0.05, 0.1) is 0 Å². The Morgan fingerprint density at radius 2 is 1.73 bits per heavy atom. The van der Waals surface area contributed by atoms with E-state index in [1.54, 1.807) is 37.3 Å². The molecule has 6 heteroatoms. The van der Waals surface area contributed by atoms with Gasteiger partial charge in [0.1, 0.15) is 6.10 Å². The second-order valence-electron chi connectivity index (χ2n) is 6.63. The van der Waals surface area contributed by atoms with Crippen LogP contribution in [0.3, 0.4) is 0 Å². The number of benzene rings is 2. The van der Waals surface area contributed by atoms with Crippen molar-refractivity contribution in [2.75, 3.05) is 5.32 Å². The summed E-state index contributed by atoms with van der Waals surface area (Å²) < 4.78 is 11.6. The monoisotopic (exact) mass is 352 g/mol. The van der Waals surface area contributed by atoms with Crippen molar-refractivity contribution in [3.8, 4) is 11.5 Å². The summed E-state index contributed by atoms with van der Waals surface area (Å²) in [7, 11) is 0. The molecule has 2 aliphatic rings. The molecule has 2 aromatic carbocycles. The SMILES string of the molecule is C[C@@H]1Oc2ccccc2O[C@@H]1C(=O)Nc1cccc(C(=O)NC2CC2)c1. The van der Waals surface area contributed by atoms with E-state index in [1.807, 2.05) is 18.2 Å². The molecular weight excluding hydrogens is 332 g/mol. The zero-order valence-electron chi connectivity index (χ0n) is 14.4. The van der Waals surface area contributed by atoms with Gasteiger partial charge in [0.25, 0.3) is 11.8 Å². The lowest BCUT2D eigenvalue weighted by molar-refractivity contribution is -0.128. The standard InChI is InChI=1S/C20H20N2O4/c1-12-18(26-17-8-3-2-7-16(17)25-12)20(24)22-15-6-4-5-13(11-15)19(23)21-14-9-10-14/h2-8,11-12,14,18H,9-10H2,1H3,(H,21,23)(H,22,24)/t12-,18-/m0/s1. The van der Waals surface area contributed by atoms with Crippen LogP contribution in [0.25, 0.3) is 0 Å². The van der Waals surface area contributed by atoms with Crippen molar-refractivity contribution < 1.29 is 19.1 Å². The van der Waals surface area contributed by atoms with Gasteiger partial charge in [-0.1, -0.05) is 18.2 Å². The third kappa shape index (κ3) is 3.49. The first-order chi connectivity index (χ1) is 12.6. The Morgan fingerprint density at radius 1 is 1.00 bits per heavy atom. The van der Waals surface area contributed by atoms with Crippen molar-refractivity contribution in [3.63, 3.8) is 0 Å². The summed E-state index contributed by atoms with van der Waals surface area (Å²) in [6.45, 7) is 1.79. The second-order valence-corrected chi connectivity index (χ2v) is 6.63. The number of anilines is 1. The molecule has 2 aromatic rings. The molecule has 1 aliphatic heterocycles. The molecule has 0 bridgehead atoms. The number of carbonyl (C=O) groups is 2. The van der Waals surface area contributed by atoms with Crippen molar-refractivity contribution in [2.24, 2.45) is 0 Å². The van der Waals surface area contributed by atoms with E-state index >= 15 is 0 Å². The van der Waals surface area contributed by atoms with Gasteiger partial charge >= 0.3 is 0 Å². The molecule has 0 saturated heterocycles. The smallest absolute Gasteiger partial charge is 0.269 e. The molecule has 1 aliphatic carbocycles. The molecule has 2 amide bonds. The predicted octanol–water partition coefficient (Wildman–Crippen LogP) is 2.75. The van der Waals surface area contributed by atoms with Crippen LogP contribution in [-0.4, -0.2) is 30.1 Å². The highest BCUT2D eigenvalue weighted by Crippen LogP contribution is 2.33. The van der Waals surface area contributed by atoms with Crippen LogP contribution in [0.1, 0.15) is 30.1 Å². The zero-order valence-corrected chi connectivity index (χ0v) is 14.4. The van der Waals surface area contributed by atoms with Gasteiger partial charge in [-0.15, -0.1) is 0 Å². The minimum Gasteiger partial charge on any atom is -0.482 e. The Labute approximate surface area is 151 Å². The summed E-state index contributed by atoms with van der Waals surface area (Å²) >= 11 is 0. The summed E-state index contributed by atoms with van der Waals surface area (Å²) in [4.78, 5) is 24.8. The minimum atomic E-state index is -0.770. The van der Waals surface area contributed by atoms with Gasteiger partial charge in [-0.2, -0.15) is 0 Å². The molecule has 0 unspecified atom stereocenters. The highest BCUT2D eigenvalue weighted by atomic mass is 16.6. The van der Waals surface area contributed by atoms with Crippen molar-refractivity contribution in [2.45, 2.75) is 38.0 Å². The Hall–Kier alpha value is -3.02. The Bertz CT molecular complexity index is 847. The van der Waals surface area contributed by atoms with Gasteiger partial charge in [-0.05, 0) is 50.1 Å². The van der Waals surface area contributed by atoms with E-state index in [0.29, 0.717) is 22.7 Å². The average Bonchev–Trinajstić information content (AvgIpc) is 3.45. The Kier molecular flexibility index (Phi) is 4.24. The van der Waals surface area contributed by atoms with Crippen LogP contribution < -0.4 is 20.1 Å². The van der Waals surface area contributed by atoms with Crippen LogP contribution in [0.2, 0.25) is 0 Å². The van der Waals surface area contributed by atoms with Gasteiger partial charge in [-0.3, -0.25) is 9.59 Å². The fraction of sp³-hybridized carbons (Fsp3) is 0.300. The number of nitrogens with one attached hydrogen (secondary N) is 2. The quantitative estimate of drug-likeness (QED) is 0.887. The van der Waals surface area contributed by atoms with Gasteiger partial charge in [0, 0.05) is 17.3 Å². The number of amides is 2. The molecule has 6 nitrogen and oxygen atoms in total. The predicted molar refractivity (Wildman–Crippen MR) is 96.5 cm³/mol. The molecule has 1 saturated carbocycles. The lowest BCUT2D eigenvalue weighted by Crippen LogP contribution is -2.46. The molecule has 1 heterocycles. The van der Waals surface area contributed by atoms with Crippen molar-refractivity contribution in [3.05, 3.63) is 54.1 Å². The van der Waals surface area contributed by atoms with Crippen LogP contribution in [-0.2, 0) is 4.79 Å². The van der Waals surface area contributed by atoms with E-state index in [9.17, 15) is 9.59 Å². The van der Waals surface area contributed by atoms with Gasteiger partial charge in [0.15, 0.2) is 11.5 Å². The fourth-order valence-corrected chi connectivity index (χ4v) is 2.85. The van der Waals surface area contributed by atoms with Crippen molar-refractivity contribution in [1.29, 1.82) is 0 Å². The number of hydrogen-bond donors (Lipinski definition) is 2. The number of fused-ring (bicyclic) bond motifs is 1. The third-order valence-electron chi connectivity index (χ3n) is 4.41. The maximum absolute atomic E-state index is 12.6. The topological polar surface area (TPSA) is 76.7 Å². The van der Waals surface area contributed by atoms with Crippen LogP contribution in [0.5, 0.6) is 11.5 Å². The molecule has 2 atom stereocenters. The fourth-order valence-electron chi connectivity index (χ4n) is 2.85. The van der Waals surface area contributed by atoms with E-state index in [4.69, 9.17) is 9.47 Å². The summed E-state index contributed by atoms with van der Waals surface area (Å²) in [6, 6.07) is 14.4. The molecule has 0 spiro atoms. The number of ether oxygens (including phenoxy) is 2. The van der Waals surface area contributed by atoms with Crippen LogP contribution in [0, 0.1) is 0 Å². The van der Waals surface area contributed by atoms with Crippen LogP contribution in [0.15, 0.2) is 48.5 Å². The highest BCUT2D eigenvalue weighted by Gasteiger charge is 2.34. The molecule has 1 fully saturated rings. The normalized spacial score (nSPS) is 21.0. The maximum atomic E-state index is 12.6. The number of carbonyl (C=O) groups excluding carboxylic acids is 2. The van der Waals surface area contributed by atoms with E-state index in [0.717, 1.165) is 12.8 Å². The summed E-state index contributed by atoms with van der Waals surface area (Å²) in [5, 5.41) is 5.75. The summed E-state index contributed by atoms with van der Waals surface area (Å²) in [5.74, 6) is 0.737. The van der Waals surface area contributed by atoms with E-state index in [-0.39, 0.29) is 17.9 Å². The molecule has 26 heavy (non-hydrogen) atoms. The molecule has 0 aromatic heterocycles. The first kappa shape index (κ1) is 16.4. The minimum absolute atomic E-state index is 0.122. The molecule has 4 rings (SSSR count). The molecule has 0 radical (unpaired) electrons. The average molecular weight is 352 g/mol. The highest BCUT2D eigenvalue weighted by molar-refractivity contribution is 5.98. The van der Waals surface area contributed by atoms with Crippen molar-refractivity contribution in [1.82, 2.24) is 5.32 Å². The summed E-state index contributed by atoms with van der Waals surface area (Å²) in [5.41, 5.74) is 1.07. The maximum Gasteiger partial charge on any atom is 0.269 e. The molecular formula is C20H20N2O4. The largest absolute Gasteiger partial charge is 0.482 e. The Morgan fingerprint density at radius 3 is 2.46 bits per heavy atom. The van der Waals surface area contributed by atoms with Crippen molar-refractivity contribution >= 4 is 17.5 Å². The third-order valence-corrected chi connectivity index (χ3v) is 4.41. The number of rotatable bonds is 4. The first-order valence-corrected chi connectivity index (χ1v) is 8.74. The Balaban J connectivity index is 1.45. The number of hydrogen-bond acceptors (Lipinski definition) is 4. The zero-order chi connectivity index (χ0) is 18.1. The molecule has 134 valence electrons. The van der Waals surface area contributed by atoms with Gasteiger partial charge in [-0.25, -0.2) is 0 Å².